The number of nitrogens with one attached hydrogen (secondary N) is 1. The number of thioether (sulfide) groups is 1. The normalized spacial score (nSPS) is 24.4. The number of fused-ring (bicyclic) bond motifs is 1. The summed E-state index contributed by atoms with van der Waals surface area (Å²) in [7, 11) is 0. The lowest BCUT2D eigenvalue weighted by Crippen LogP contribution is -2.46. The van der Waals surface area contributed by atoms with Crippen molar-refractivity contribution in [1.29, 1.82) is 0 Å². The summed E-state index contributed by atoms with van der Waals surface area (Å²) in [5.41, 5.74) is 1.12. The molecule has 3 heterocycles. The second kappa shape index (κ2) is 7.21. The number of carbonyl (C=O) groups excluding carboxylic acids is 1. The van der Waals surface area contributed by atoms with E-state index in [0.29, 0.717) is 19.0 Å². The number of rotatable bonds is 4. The molecule has 3 aliphatic heterocycles. The molecule has 6 nitrogen and oxygen atoms in total. The lowest BCUT2D eigenvalue weighted by molar-refractivity contribution is -0.128. The molecule has 0 radical (unpaired) electrons. The minimum Gasteiger partial charge on any atom is -0.486 e. The average Bonchev–Trinajstić information content (AvgIpc) is 3.01. The van der Waals surface area contributed by atoms with Gasteiger partial charge in [-0.25, -0.2) is 0 Å². The van der Waals surface area contributed by atoms with Gasteiger partial charge in [-0.1, -0.05) is 6.07 Å². The zero-order chi connectivity index (χ0) is 16.4. The Bertz CT molecular complexity index is 607. The molecular formula is C17H23N3O3S. The Morgan fingerprint density at radius 3 is 2.75 bits per heavy atom. The smallest absolute Gasteiger partial charge is 0.233 e. The third-order valence-electron chi connectivity index (χ3n) is 4.69. The molecule has 130 valence electrons. The first kappa shape index (κ1) is 16.1. The van der Waals surface area contributed by atoms with Crippen LogP contribution in [0.25, 0.3) is 0 Å². The predicted molar refractivity (Wildman–Crippen MR) is 93.7 cm³/mol. The summed E-state index contributed by atoms with van der Waals surface area (Å²) < 4.78 is 11.3. The molecule has 4 rings (SSSR count). The van der Waals surface area contributed by atoms with Gasteiger partial charge in [0.05, 0.1) is 5.75 Å². The average molecular weight is 349 g/mol. The minimum absolute atomic E-state index is 0.0799. The van der Waals surface area contributed by atoms with Gasteiger partial charge in [-0.3, -0.25) is 9.69 Å². The van der Waals surface area contributed by atoms with Crippen LogP contribution in [0.3, 0.4) is 0 Å². The topological polar surface area (TPSA) is 54.0 Å². The third-order valence-corrected chi connectivity index (χ3v) is 5.94. The second-order valence-electron chi connectivity index (χ2n) is 6.25. The Morgan fingerprint density at radius 1 is 1.12 bits per heavy atom. The minimum atomic E-state index is 0.0799. The molecule has 0 aromatic heterocycles. The van der Waals surface area contributed by atoms with E-state index in [9.17, 15) is 4.79 Å². The number of nitrogens with zero attached hydrogens (tertiary/aromatic N) is 2. The van der Waals surface area contributed by atoms with Crippen LogP contribution in [0.1, 0.15) is 10.9 Å². The van der Waals surface area contributed by atoms with Crippen LogP contribution in [-0.2, 0) is 4.79 Å². The first-order valence-electron chi connectivity index (χ1n) is 8.55. The highest BCUT2D eigenvalue weighted by Gasteiger charge is 2.33. The van der Waals surface area contributed by atoms with Crippen molar-refractivity contribution in [3.63, 3.8) is 0 Å². The van der Waals surface area contributed by atoms with Gasteiger partial charge in [0, 0.05) is 39.3 Å². The van der Waals surface area contributed by atoms with Crippen LogP contribution >= 0.6 is 11.8 Å². The number of hydrogen-bond donors (Lipinski definition) is 1. The molecule has 1 amide bonds. The summed E-state index contributed by atoms with van der Waals surface area (Å²) in [4.78, 5) is 16.8. The maximum atomic E-state index is 12.3. The zero-order valence-corrected chi connectivity index (χ0v) is 14.5. The lowest BCUT2D eigenvalue weighted by Gasteiger charge is -2.31. The van der Waals surface area contributed by atoms with E-state index < -0.39 is 0 Å². The monoisotopic (exact) mass is 349 g/mol. The van der Waals surface area contributed by atoms with Gasteiger partial charge in [-0.05, 0) is 17.7 Å². The quantitative estimate of drug-likeness (QED) is 0.873. The predicted octanol–water partition coefficient (Wildman–Crippen LogP) is 0.937. The molecule has 1 aromatic rings. The van der Waals surface area contributed by atoms with E-state index in [0.717, 1.165) is 56.3 Å². The van der Waals surface area contributed by atoms with Gasteiger partial charge in [-0.15, -0.1) is 11.8 Å². The molecule has 1 N–H and O–H groups in total. The largest absolute Gasteiger partial charge is 0.486 e. The van der Waals surface area contributed by atoms with Crippen molar-refractivity contribution in [2.45, 2.75) is 5.37 Å². The first-order valence-corrected chi connectivity index (χ1v) is 9.60. The summed E-state index contributed by atoms with van der Waals surface area (Å²) in [5.74, 6) is 2.38. The molecule has 2 fully saturated rings. The molecule has 2 saturated heterocycles. The highest BCUT2D eigenvalue weighted by Crippen LogP contribution is 2.41. The van der Waals surface area contributed by atoms with Gasteiger partial charge in [-0.2, -0.15) is 0 Å². The molecule has 1 unspecified atom stereocenters. The van der Waals surface area contributed by atoms with Crippen molar-refractivity contribution >= 4 is 17.7 Å². The van der Waals surface area contributed by atoms with Crippen LogP contribution in [-0.4, -0.2) is 73.9 Å². The third kappa shape index (κ3) is 3.34. The molecular weight excluding hydrogens is 326 g/mol. The first-order chi connectivity index (χ1) is 11.8. The van der Waals surface area contributed by atoms with Crippen LogP contribution in [0.2, 0.25) is 0 Å². The van der Waals surface area contributed by atoms with Gasteiger partial charge in [0.15, 0.2) is 11.5 Å². The molecule has 1 aromatic carbocycles. The van der Waals surface area contributed by atoms with E-state index in [2.05, 4.69) is 16.3 Å². The zero-order valence-electron chi connectivity index (χ0n) is 13.7. The van der Waals surface area contributed by atoms with E-state index in [4.69, 9.17) is 9.47 Å². The van der Waals surface area contributed by atoms with E-state index >= 15 is 0 Å². The van der Waals surface area contributed by atoms with Crippen LogP contribution in [0.4, 0.5) is 0 Å². The molecule has 0 spiro atoms. The van der Waals surface area contributed by atoms with Gasteiger partial charge in [0.25, 0.3) is 0 Å². The van der Waals surface area contributed by atoms with E-state index in [1.807, 2.05) is 17.0 Å². The maximum Gasteiger partial charge on any atom is 0.233 e. The fraction of sp³-hybridized carbons (Fsp3) is 0.588. The fourth-order valence-electron chi connectivity index (χ4n) is 3.37. The molecule has 0 bridgehead atoms. The van der Waals surface area contributed by atoms with Crippen molar-refractivity contribution in [1.82, 2.24) is 15.1 Å². The standard InChI is InChI=1S/C17H23N3O3S/c21-16-12-24-17(20(16)8-7-19-5-3-18-4-6-19)13-1-2-14-15(11-13)23-10-9-22-14/h1-2,11,17-18H,3-10,12H2. The van der Waals surface area contributed by atoms with Crippen molar-refractivity contribution in [3.05, 3.63) is 23.8 Å². The Labute approximate surface area is 146 Å². The van der Waals surface area contributed by atoms with Crippen LogP contribution in [0, 0.1) is 0 Å². The molecule has 1 atom stereocenters. The van der Waals surface area contributed by atoms with Crippen LogP contribution in [0.15, 0.2) is 18.2 Å². The van der Waals surface area contributed by atoms with Gasteiger partial charge in [0.2, 0.25) is 5.91 Å². The number of ether oxygens (including phenoxy) is 2. The molecule has 3 aliphatic rings. The maximum absolute atomic E-state index is 12.3. The summed E-state index contributed by atoms with van der Waals surface area (Å²) >= 11 is 1.70. The van der Waals surface area contributed by atoms with Crippen molar-refractivity contribution in [2.24, 2.45) is 0 Å². The molecule has 7 heteroatoms. The second-order valence-corrected chi connectivity index (χ2v) is 7.31. The Hall–Kier alpha value is -1.44. The molecule has 0 saturated carbocycles. The Balaban J connectivity index is 1.45. The number of piperazine rings is 1. The summed E-state index contributed by atoms with van der Waals surface area (Å²) in [6.45, 7) is 7.09. The van der Waals surface area contributed by atoms with Gasteiger partial charge >= 0.3 is 0 Å². The van der Waals surface area contributed by atoms with Crippen molar-refractivity contribution in [2.75, 3.05) is 58.2 Å². The van der Waals surface area contributed by atoms with Crippen LogP contribution < -0.4 is 14.8 Å². The van der Waals surface area contributed by atoms with Crippen molar-refractivity contribution < 1.29 is 14.3 Å². The van der Waals surface area contributed by atoms with E-state index in [-0.39, 0.29) is 11.3 Å². The van der Waals surface area contributed by atoms with Crippen LogP contribution in [0.5, 0.6) is 11.5 Å². The summed E-state index contributed by atoms with van der Waals surface area (Å²) in [6, 6.07) is 6.05. The summed E-state index contributed by atoms with van der Waals surface area (Å²) in [6.07, 6.45) is 0. The number of amides is 1. The SMILES string of the molecule is O=C1CSC(c2ccc3c(c2)OCCO3)N1CCN1CCNCC1. The van der Waals surface area contributed by atoms with Gasteiger partial charge in [0.1, 0.15) is 18.6 Å². The van der Waals surface area contributed by atoms with E-state index in [1.165, 1.54) is 0 Å². The van der Waals surface area contributed by atoms with Crippen molar-refractivity contribution in [3.8, 4) is 11.5 Å². The van der Waals surface area contributed by atoms with E-state index in [1.54, 1.807) is 11.8 Å². The number of carbonyl (C=O) groups is 1. The molecule has 24 heavy (non-hydrogen) atoms. The fourth-order valence-corrected chi connectivity index (χ4v) is 4.58. The Kier molecular flexibility index (Phi) is 4.82. The lowest BCUT2D eigenvalue weighted by atomic mass is 10.1. The number of benzene rings is 1. The summed E-state index contributed by atoms with van der Waals surface area (Å²) in [5, 5.41) is 3.44. The van der Waals surface area contributed by atoms with Gasteiger partial charge < -0.3 is 19.7 Å². The highest BCUT2D eigenvalue weighted by molar-refractivity contribution is 8.00. The number of hydrogen-bond acceptors (Lipinski definition) is 6. The Morgan fingerprint density at radius 2 is 1.92 bits per heavy atom. The highest BCUT2D eigenvalue weighted by atomic mass is 32.2. The molecule has 0 aliphatic carbocycles.